The van der Waals surface area contributed by atoms with E-state index in [0.29, 0.717) is 63.9 Å². The number of aliphatic hydroxyl groups is 2. The van der Waals surface area contributed by atoms with Crippen LogP contribution in [0.4, 0.5) is 21.0 Å². The number of aryl methyl sites for hydroxylation is 1. The summed E-state index contributed by atoms with van der Waals surface area (Å²) in [7, 11) is 1.89. The van der Waals surface area contributed by atoms with Crippen LogP contribution >= 0.6 is 11.3 Å². The van der Waals surface area contributed by atoms with Gasteiger partial charge in [-0.15, -0.1) is 0 Å². The highest BCUT2D eigenvalue weighted by Gasteiger charge is 2.55. The number of hydrogen-bond acceptors (Lipinski definition) is 10. The molecule has 5 heterocycles. The van der Waals surface area contributed by atoms with Crippen molar-refractivity contribution in [3.05, 3.63) is 57.8 Å². The van der Waals surface area contributed by atoms with Crippen molar-refractivity contribution in [3.8, 4) is 17.3 Å². The number of likely N-dealkylation sites (tertiary alicyclic amines) is 1. The van der Waals surface area contributed by atoms with Gasteiger partial charge in [0, 0.05) is 49.8 Å². The Bertz CT molecular complexity index is 1860. The summed E-state index contributed by atoms with van der Waals surface area (Å²) in [6, 6.07) is 10.2. The Balaban J connectivity index is 1.25. The first-order valence-electron chi connectivity index (χ1n) is 14.6. The second-order valence-corrected chi connectivity index (χ2v) is 13.8. The van der Waals surface area contributed by atoms with Crippen molar-refractivity contribution in [1.29, 1.82) is 5.26 Å². The van der Waals surface area contributed by atoms with Crippen molar-refractivity contribution in [2.75, 3.05) is 43.0 Å². The van der Waals surface area contributed by atoms with E-state index in [1.54, 1.807) is 17.0 Å². The molecular formula is C32H32FN7O3S. The molecule has 7 rings (SSSR count). The van der Waals surface area contributed by atoms with Crippen LogP contribution in [-0.4, -0.2) is 74.8 Å². The van der Waals surface area contributed by atoms with Gasteiger partial charge in [0.15, 0.2) is 5.13 Å². The quantitative estimate of drug-likeness (QED) is 0.340. The highest BCUT2D eigenvalue weighted by atomic mass is 32.1. The number of benzene rings is 1. The second kappa shape index (κ2) is 9.92. The molecule has 2 aliphatic heterocycles. The average molecular weight is 614 g/mol. The van der Waals surface area contributed by atoms with Crippen molar-refractivity contribution >= 4 is 44.9 Å². The SMILES string of the molecule is Cc1cc(N2CC3(CN(C(=O)C(C)(C)O)C3)C2)nc2c(N(C)c3nc(-c4ccc(F)cc4)c(C#N)s3)c3c(nc12)C(O)CC3. The van der Waals surface area contributed by atoms with E-state index in [1.165, 1.54) is 37.3 Å². The van der Waals surface area contributed by atoms with Gasteiger partial charge in [0.2, 0.25) is 0 Å². The Morgan fingerprint density at radius 1 is 1.16 bits per heavy atom. The van der Waals surface area contributed by atoms with E-state index in [2.05, 4.69) is 11.0 Å². The summed E-state index contributed by atoms with van der Waals surface area (Å²) in [4.78, 5) is 33.6. The first-order valence-corrected chi connectivity index (χ1v) is 15.4. The van der Waals surface area contributed by atoms with Gasteiger partial charge in [-0.25, -0.2) is 19.3 Å². The Morgan fingerprint density at radius 2 is 1.86 bits per heavy atom. The molecule has 2 N–H and O–H groups in total. The molecule has 2 fully saturated rings. The maximum absolute atomic E-state index is 13.6. The molecule has 1 aliphatic carbocycles. The van der Waals surface area contributed by atoms with Gasteiger partial charge < -0.3 is 24.9 Å². The molecular weight excluding hydrogens is 581 g/mol. The van der Waals surface area contributed by atoms with Crippen molar-refractivity contribution in [3.63, 3.8) is 0 Å². The Labute approximate surface area is 258 Å². The van der Waals surface area contributed by atoms with E-state index in [4.69, 9.17) is 15.0 Å². The second-order valence-electron chi connectivity index (χ2n) is 12.8. The minimum absolute atomic E-state index is 0.00327. The Hall–Kier alpha value is -4.18. The van der Waals surface area contributed by atoms with Crippen molar-refractivity contribution in [2.24, 2.45) is 5.41 Å². The number of halogens is 1. The molecule has 1 unspecified atom stereocenters. The van der Waals surface area contributed by atoms with Crippen LogP contribution in [-0.2, 0) is 11.2 Å². The lowest BCUT2D eigenvalue weighted by molar-refractivity contribution is -0.162. The largest absolute Gasteiger partial charge is 0.387 e. The van der Waals surface area contributed by atoms with Crippen molar-refractivity contribution in [2.45, 2.75) is 45.3 Å². The topological polar surface area (TPSA) is 130 Å². The fourth-order valence-electron chi connectivity index (χ4n) is 6.72. The number of rotatable bonds is 5. The van der Waals surface area contributed by atoms with Gasteiger partial charge in [0.1, 0.15) is 39.4 Å². The summed E-state index contributed by atoms with van der Waals surface area (Å²) in [5.41, 5.74) is 4.44. The smallest absolute Gasteiger partial charge is 0.253 e. The van der Waals surface area contributed by atoms with Crippen LogP contribution in [0.3, 0.4) is 0 Å². The number of pyridine rings is 2. The first kappa shape index (κ1) is 28.6. The highest BCUT2D eigenvalue weighted by molar-refractivity contribution is 7.16. The normalized spacial score (nSPS) is 18.6. The third kappa shape index (κ3) is 4.49. The molecule has 226 valence electrons. The number of aromatic nitrogens is 3. The third-order valence-electron chi connectivity index (χ3n) is 8.90. The number of anilines is 3. The maximum atomic E-state index is 13.6. The molecule has 1 amide bonds. The van der Waals surface area contributed by atoms with Crippen LogP contribution in [0.5, 0.6) is 0 Å². The molecule has 0 saturated carbocycles. The Kier molecular flexibility index (Phi) is 6.44. The average Bonchev–Trinajstić information content (AvgIpc) is 3.54. The van der Waals surface area contributed by atoms with Crippen LogP contribution in [0.1, 0.15) is 48.1 Å². The number of aliphatic hydroxyl groups excluding tert-OH is 1. The van der Waals surface area contributed by atoms with E-state index < -0.39 is 11.7 Å². The number of nitriles is 1. The number of amides is 1. The van der Waals surface area contributed by atoms with Crippen LogP contribution in [0, 0.1) is 29.5 Å². The van der Waals surface area contributed by atoms with Gasteiger partial charge in [0.25, 0.3) is 5.91 Å². The molecule has 1 aromatic carbocycles. The van der Waals surface area contributed by atoms with E-state index in [0.717, 1.165) is 35.7 Å². The Morgan fingerprint density at radius 3 is 2.52 bits per heavy atom. The zero-order valence-corrected chi connectivity index (χ0v) is 25.7. The summed E-state index contributed by atoms with van der Waals surface area (Å²) >= 11 is 1.25. The monoisotopic (exact) mass is 613 g/mol. The lowest BCUT2D eigenvalue weighted by atomic mass is 9.72. The zero-order chi connectivity index (χ0) is 31.1. The van der Waals surface area contributed by atoms with Gasteiger partial charge in [-0.2, -0.15) is 5.26 Å². The number of carbonyl (C=O) groups excluding carboxylic acids is 1. The maximum Gasteiger partial charge on any atom is 0.253 e. The zero-order valence-electron chi connectivity index (χ0n) is 24.9. The number of nitrogens with zero attached hydrogens (tertiary/aromatic N) is 7. The minimum atomic E-state index is -1.38. The van der Waals surface area contributed by atoms with Crippen LogP contribution < -0.4 is 9.80 Å². The predicted octanol–water partition coefficient (Wildman–Crippen LogP) is 4.24. The lowest BCUT2D eigenvalue weighted by Crippen LogP contribution is -2.74. The van der Waals surface area contributed by atoms with Crippen LogP contribution in [0.2, 0.25) is 0 Å². The van der Waals surface area contributed by atoms with Gasteiger partial charge >= 0.3 is 0 Å². The van der Waals surface area contributed by atoms with Gasteiger partial charge in [-0.05, 0) is 69.5 Å². The molecule has 0 radical (unpaired) electrons. The fourth-order valence-corrected chi connectivity index (χ4v) is 7.57. The van der Waals surface area contributed by atoms with Gasteiger partial charge in [0.05, 0.1) is 23.0 Å². The van der Waals surface area contributed by atoms with Crippen molar-refractivity contribution in [1.82, 2.24) is 19.9 Å². The van der Waals surface area contributed by atoms with Gasteiger partial charge in [-0.1, -0.05) is 11.3 Å². The lowest BCUT2D eigenvalue weighted by Gasteiger charge is -2.61. The summed E-state index contributed by atoms with van der Waals surface area (Å²) < 4.78 is 13.6. The number of thiazole rings is 1. The van der Waals surface area contributed by atoms with Crippen molar-refractivity contribution < 1.29 is 19.4 Å². The number of carbonyl (C=O) groups is 1. The molecule has 10 nitrogen and oxygen atoms in total. The first-order chi connectivity index (χ1) is 20.9. The summed E-state index contributed by atoms with van der Waals surface area (Å²) in [5, 5.41) is 31.4. The molecule has 12 heteroatoms. The molecule has 2 saturated heterocycles. The molecule has 4 aromatic rings. The number of hydrogen-bond donors (Lipinski definition) is 2. The van der Waals surface area contributed by atoms with E-state index >= 15 is 0 Å². The summed E-state index contributed by atoms with van der Waals surface area (Å²) in [6.45, 7) is 7.76. The molecule has 0 bridgehead atoms. The molecule has 44 heavy (non-hydrogen) atoms. The summed E-state index contributed by atoms with van der Waals surface area (Å²) in [6.07, 6.45) is 0.510. The fraction of sp³-hybridized carbons (Fsp3) is 0.406. The molecule has 3 aromatic heterocycles. The van der Waals surface area contributed by atoms with Crippen LogP contribution in [0.15, 0.2) is 30.3 Å². The standard InChI is InChI=1S/C32H32FN7O3S/c1-17-11-23(39-13-32(14-39)15-40(16-32)29(42)31(2,3)43)35-27-24(17)36-26-20(9-10-21(26)41)28(27)38(4)30-37-25(22(12-34)44-30)18-5-7-19(33)8-6-18/h5-8,11,21,41,43H,9-10,13-16H2,1-4H3. The highest BCUT2D eigenvalue weighted by Crippen LogP contribution is 2.46. The molecule has 1 spiro atoms. The summed E-state index contributed by atoms with van der Waals surface area (Å²) in [5.74, 6) is 0.201. The molecule has 1 atom stereocenters. The third-order valence-corrected chi connectivity index (χ3v) is 9.94. The molecule has 3 aliphatic rings. The van der Waals surface area contributed by atoms with E-state index in [-0.39, 0.29) is 17.1 Å². The minimum Gasteiger partial charge on any atom is -0.387 e. The van der Waals surface area contributed by atoms with Crippen LogP contribution in [0.25, 0.3) is 22.3 Å². The van der Waals surface area contributed by atoms with E-state index in [9.17, 15) is 24.7 Å². The van der Waals surface area contributed by atoms with Gasteiger partial charge in [-0.3, -0.25) is 4.79 Å². The van der Waals surface area contributed by atoms with E-state index in [1.807, 2.05) is 24.9 Å². The number of fused-ring (bicyclic) bond motifs is 2. The predicted molar refractivity (Wildman–Crippen MR) is 165 cm³/mol.